The van der Waals surface area contributed by atoms with Crippen molar-refractivity contribution in [1.29, 1.82) is 0 Å². The number of carbonyl (C=O) groups excluding carboxylic acids is 1. The third kappa shape index (κ3) is 3.58. The van der Waals surface area contributed by atoms with Gasteiger partial charge in [-0.1, -0.05) is 18.2 Å². The van der Waals surface area contributed by atoms with Gasteiger partial charge in [0.2, 0.25) is 0 Å². The number of methoxy groups -OCH3 is 2. The van der Waals surface area contributed by atoms with Gasteiger partial charge in [-0.05, 0) is 36.8 Å². The van der Waals surface area contributed by atoms with Crippen molar-refractivity contribution in [2.75, 3.05) is 14.2 Å². The van der Waals surface area contributed by atoms with Gasteiger partial charge in [-0.2, -0.15) is 0 Å². The quantitative estimate of drug-likeness (QED) is 0.432. The highest BCUT2D eigenvalue weighted by molar-refractivity contribution is 5.89. The van der Waals surface area contributed by atoms with Gasteiger partial charge in [0.25, 0.3) is 5.56 Å². The summed E-state index contributed by atoms with van der Waals surface area (Å²) < 4.78 is 14.3. The summed E-state index contributed by atoms with van der Waals surface area (Å²) in [6, 6.07) is 13.9. The van der Waals surface area contributed by atoms with E-state index < -0.39 is 17.2 Å². The van der Waals surface area contributed by atoms with E-state index in [4.69, 9.17) is 9.47 Å². The number of fused-ring (bicyclic) bond motifs is 1. The first-order valence-electron chi connectivity index (χ1n) is 10.0. The predicted octanol–water partition coefficient (Wildman–Crippen LogP) is 2.21. The molecule has 0 unspecified atom stereocenters. The van der Waals surface area contributed by atoms with Crippen LogP contribution in [-0.2, 0) is 17.8 Å². The minimum atomic E-state index is -0.467. The number of benzene rings is 2. The van der Waals surface area contributed by atoms with E-state index in [1.807, 2.05) is 0 Å². The molecule has 0 bridgehead atoms. The molecule has 2 aromatic heterocycles. The van der Waals surface area contributed by atoms with Crippen LogP contribution in [-0.4, -0.2) is 38.9 Å². The van der Waals surface area contributed by atoms with Crippen LogP contribution in [0.15, 0.2) is 64.4 Å². The molecule has 0 radical (unpaired) electrons. The molecule has 0 saturated heterocycles. The Hall–Kier alpha value is -4.14. The van der Waals surface area contributed by atoms with Crippen LogP contribution in [0.4, 0.5) is 0 Å². The summed E-state index contributed by atoms with van der Waals surface area (Å²) in [6.45, 7) is 2.31. The molecule has 0 saturated carbocycles. The van der Waals surface area contributed by atoms with E-state index in [0.29, 0.717) is 29.1 Å². The molecule has 4 aromatic rings. The smallest absolute Gasteiger partial charge is 0.337 e. The molecule has 0 atom stereocenters. The molecule has 0 aliphatic heterocycles. The second-order valence-corrected chi connectivity index (χ2v) is 7.10. The van der Waals surface area contributed by atoms with Crippen LogP contribution >= 0.6 is 0 Å². The molecule has 9 heteroatoms. The Bertz CT molecular complexity index is 1410. The molecule has 0 aliphatic carbocycles. The zero-order chi connectivity index (χ0) is 22.8. The SMILES string of the molecule is CCn1c(=O)c2c(ncn2Cc2ccc(C(=O)OC)cc2)n(-c2cccc(OC)c2)c1=O. The molecule has 0 N–H and O–H groups in total. The lowest BCUT2D eigenvalue weighted by Gasteiger charge is -2.12. The highest BCUT2D eigenvalue weighted by Crippen LogP contribution is 2.19. The summed E-state index contributed by atoms with van der Waals surface area (Å²) in [6.07, 6.45) is 1.54. The second-order valence-electron chi connectivity index (χ2n) is 7.10. The Balaban J connectivity index is 1.87. The first-order valence-corrected chi connectivity index (χ1v) is 10.0. The minimum Gasteiger partial charge on any atom is -0.497 e. The number of aromatic nitrogens is 4. The van der Waals surface area contributed by atoms with Gasteiger partial charge in [0.15, 0.2) is 11.2 Å². The number of hydrogen-bond donors (Lipinski definition) is 0. The summed E-state index contributed by atoms with van der Waals surface area (Å²) in [5, 5.41) is 0. The van der Waals surface area contributed by atoms with Crippen LogP contribution in [0.3, 0.4) is 0 Å². The number of ether oxygens (including phenoxy) is 2. The van der Waals surface area contributed by atoms with E-state index in [1.54, 1.807) is 67.1 Å². The van der Waals surface area contributed by atoms with Gasteiger partial charge in [-0.25, -0.2) is 19.1 Å². The van der Waals surface area contributed by atoms with Crippen LogP contribution in [0.1, 0.15) is 22.8 Å². The van der Waals surface area contributed by atoms with Crippen molar-refractivity contribution in [2.24, 2.45) is 0 Å². The molecular formula is C23H22N4O5. The molecule has 2 aromatic carbocycles. The highest BCUT2D eigenvalue weighted by atomic mass is 16.5. The number of esters is 1. The summed E-state index contributed by atoms with van der Waals surface area (Å²) in [5.41, 5.74) is 1.55. The molecule has 32 heavy (non-hydrogen) atoms. The van der Waals surface area contributed by atoms with Crippen LogP contribution < -0.4 is 16.0 Å². The van der Waals surface area contributed by atoms with Gasteiger partial charge >= 0.3 is 11.7 Å². The van der Waals surface area contributed by atoms with Crippen LogP contribution in [0.2, 0.25) is 0 Å². The van der Waals surface area contributed by atoms with E-state index in [9.17, 15) is 14.4 Å². The Morgan fingerprint density at radius 2 is 1.81 bits per heavy atom. The van der Waals surface area contributed by atoms with Crippen molar-refractivity contribution in [3.8, 4) is 11.4 Å². The monoisotopic (exact) mass is 434 g/mol. The molecular weight excluding hydrogens is 412 g/mol. The number of carbonyl (C=O) groups is 1. The maximum Gasteiger partial charge on any atom is 0.337 e. The van der Waals surface area contributed by atoms with E-state index >= 15 is 0 Å². The summed E-state index contributed by atoms with van der Waals surface area (Å²) in [7, 11) is 2.87. The maximum absolute atomic E-state index is 13.1. The fourth-order valence-corrected chi connectivity index (χ4v) is 3.62. The van der Waals surface area contributed by atoms with Crippen molar-refractivity contribution in [2.45, 2.75) is 20.0 Å². The topological polar surface area (TPSA) is 97.4 Å². The van der Waals surface area contributed by atoms with Gasteiger partial charge in [-0.15, -0.1) is 0 Å². The molecule has 4 rings (SSSR count). The second kappa shape index (κ2) is 8.54. The predicted molar refractivity (Wildman–Crippen MR) is 119 cm³/mol. The summed E-state index contributed by atoms with van der Waals surface area (Å²) in [4.78, 5) is 42.3. The normalized spacial score (nSPS) is 11.0. The van der Waals surface area contributed by atoms with E-state index in [-0.39, 0.29) is 12.2 Å². The molecule has 164 valence electrons. The van der Waals surface area contributed by atoms with Crippen LogP contribution in [0, 0.1) is 0 Å². The molecule has 9 nitrogen and oxygen atoms in total. The zero-order valence-electron chi connectivity index (χ0n) is 17.9. The van der Waals surface area contributed by atoms with Crippen LogP contribution in [0.25, 0.3) is 16.9 Å². The number of nitrogens with zero attached hydrogens (tertiary/aromatic N) is 4. The van der Waals surface area contributed by atoms with Gasteiger partial charge in [0.1, 0.15) is 5.75 Å². The van der Waals surface area contributed by atoms with E-state index in [2.05, 4.69) is 4.98 Å². The zero-order valence-corrected chi connectivity index (χ0v) is 17.9. The third-order valence-electron chi connectivity index (χ3n) is 5.26. The Labute approximate surface area is 183 Å². The fourth-order valence-electron chi connectivity index (χ4n) is 3.62. The van der Waals surface area contributed by atoms with Crippen molar-refractivity contribution in [3.05, 3.63) is 86.8 Å². The average Bonchev–Trinajstić information content (AvgIpc) is 3.23. The average molecular weight is 434 g/mol. The molecule has 2 heterocycles. The number of imidazole rings is 1. The maximum atomic E-state index is 13.1. The van der Waals surface area contributed by atoms with Gasteiger partial charge in [0.05, 0.1) is 31.8 Å². The van der Waals surface area contributed by atoms with Gasteiger partial charge in [-0.3, -0.25) is 9.36 Å². The van der Waals surface area contributed by atoms with Crippen molar-refractivity contribution in [1.82, 2.24) is 18.7 Å². The van der Waals surface area contributed by atoms with Crippen molar-refractivity contribution < 1.29 is 14.3 Å². The van der Waals surface area contributed by atoms with E-state index in [0.717, 1.165) is 5.56 Å². The van der Waals surface area contributed by atoms with Gasteiger partial charge < -0.3 is 14.0 Å². The lowest BCUT2D eigenvalue weighted by atomic mass is 10.1. The molecule has 0 spiro atoms. The highest BCUT2D eigenvalue weighted by Gasteiger charge is 2.19. The van der Waals surface area contributed by atoms with Crippen molar-refractivity contribution >= 4 is 17.1 Å². The molecule has 0 amide bonds. The third-order valence-corrected chi connectivity index (χ3v) is 5.26. The van der Waals surface area contributed by atoms with E-state index in [1.165, 1.54) is 22.6 Å². The summed E-state index contributed by atoms with van der Waals surface area (Å²) >= 11 is 0. The van der Waals surface area contributed by atoms with Crippen LogP contribution in [0.5, 0.6) is 5.75 Å². The Kier molecular flexibility index (Phi) is 5.63. The lowest BCUT2D eigenvalue weighted by Crippen LogP contribution is -2.39. The standard InChI is InChI=1S/C23H22N4O5/c1-4-26-21(28)19-20(27(23(26)30)17-6-5-7-18(12-17)31-2)24-14-25(19)13-15-8-10-16(11-9-15)22(29)32-3/h5-12,14H,4,13H2,1-3H3. The lowest BCUT2D eigenvalue weighted by molar-refractivity contribution is 0.0600. The first kappa shape index (κ1) is 21.1. The number of hydrogen-bond acceptors (Lipinski definition) is 6. The number of rotatable bonds is 6. The van der Waals surface area contributed by atoms with Crippen molar-refractivity contribution in [3.63, 3.8) is 0 Å². The minimum absolute atomic E-state index is 0.219. The van der Waals surface area contributed by atoms with Gasteiger partial charge in [0, 0.05) is 19.2 Å². The fraction of sp³-hybridized carbons (Fsp3) is 0.217. The Morgan fingerprint density at radius 1 is 1.06 bits per heavy atom. The molecule has 0 fully saturated rings. The summed E-state index contributed by atoms with van der Waals surface area (Å²) in [5.74, 6) is 0.166. The molecule has 0 aliphatic rings. The first-order chi connectivity index (χ1) is 15.5. The Morgan fingerprint density at radius 3 is 2.47 bits per heavy atom. The largest absolute Gasteiger partial charge is 0.497 e.